The summed E-state index contributed by atoms with van der Waals surface area (Å²) in [6.07, 6.45) is 4.57. The van der Waals surface area contributed by atoms with E-state index in [0.717, 1.165) is 51.3 Å². The monoisotopic (exact) mass is 373 g/mol. The van der Waals surface area contributed by atoms with Crippen molar-refractivity contribution in [2.45, 2.75) is 51.6 Å². The number of likely N-dealkylation sites (tertiary alicyclic amines) is 1. The van der Waals surface area contributed by atoms with Crippen molar-refractivity contribution in [3.63, 3.8) is 0 Å². The minimum absolute atomic E-state index is 0.197. The molecule has 2 fully saturated rings. The topological polar surface area (TPSA) is 36.0 Å². The van der Waals surface area contributed by atoms with Crippen molar-refractivity contribution in [1.29, 1.82) is 0 Å². The normalized spacial score (nSPS) is 22.7. The Morgan fingerprint density at radius 1 is 1.04 bits per heavy atom. The number of ether oxygens (including phenoxy) is 1. The van der Waals surface area contributed by atoms with Crippen LogP contribution in [0.4, 0.5) is 0 Å². The van der Waals surface area contributed by atoms with Crippen LogP contribution in [0.15, 0.2) is 24.3 Å². The summed E-state index contributed by atoms with van der Waals surface area (Å²) in [6, 6.07) is 9.05. The highest BCUT2D eigenvalue weighted by Crippen LogP contribution is 2.31. The van der Waals surface area contributed by atoms with Gasteiger partial charge < -0.3 is 9.64 Å². The Balaban J connectivity index is 1.65. The number of carbonyl (C=O) groups is 1. The van der Waals surface area contributed by atoms with Crippen molar-refractivity contribution in [3.8, 4) is 5.75 Å². The highest BCUT2D eigenvalue weighted by atomic mass is 16.5. The van der Waals surface area contributed by atoms with Crippen molar-refractivity contribution in [3.05, 3.63) is 29.8 Å². The Bertz CT molecular complexity index is 594. The van der Waals surface area contributed by atoms with E-state index in [0.29, 0.717) is 12.6 Å². The maximum absolute atomic E-state index is 13.2. The highest BCUT2D eigenvalue weighted by molar-refractivity contribution is 5.79. The fraction of sp³-hybridized carbons (Fsp3) is 0.682. The number of rotatable bonds is 5. The first kappa shape index (κ1) is 20.2. The average Bonchev–Trinajstić information content (AvgIpc) is 2.94. The summed E-state index contributed by atoms with van der Waals surface area (Å²) in [4.78, 5) is 20.2. The molecule has 2 saturated heterocycles. The van der Waals surface area contributed by atoms with Gasteiger partial charge in [-0.2, -0.15) is 0 Å². The third kappa shape index (κ3) is 5.23. The van der Waals surface area contributed by atoms with E-state index < -0.39 is 0 Å². The number of hydrogen-bond acceptors (Lipinski definition) is 4. The summed E-state index contributed by atoms with van der Waals surface area (Å²) in [6.45, 7) is 10.0. The van der Waals surface area contributed by atoms with Crippen LogP contribution in [0.3, 0.4) is 0 Å². The van der Waals surface area contributed by atoms with Gasteiger partial charge in [0, 0.05) is 38.8 Å². The maximum Gasteiger partial charge on any atom is 0.237 e. The van der Waals surface area contributed by atoms with Gasteiger partial charge in [-0.05, 0) is 44.4 Å². The highest BCUT2D eigenvalue weighted by Gasteiger charge is 2.29. The van der Waals surface area contributed by atoms with Crippen LogP contribution in [0.5, 0.6) is 5.75 Å². The first-order valence-electron chi connectivity index (χ1n) is 10.5. The summed E-state index contributed by atoms with van der Waals surface area (Å²) >= 11 is 0. The molecule has 1 atom stereocenters. The quantitative estimate of drug-likeness (QED) is 0.794. The molecule has 3 rings (SSSR count). The maximum atomic E-state index is 13.2. The number of amides is 1. The number of piperazine rings is 1. The first-order chi connectivity index (χ1) is 13.1. The van der Waals surface area contributed by atoms with Crippen LogP contribution < -0.4 is 4.74 Å². The molecule has 5 nitrogen and oxygen atoms in total. The zero-order valence-corrected chi connectivity index (χ0v) is 17.2. The summed E-state index contributed by atoms with van der Waals surface area (Å²) < 4.78 is 5.29. The van der Waals surface area contributed by atoms with Gasteiger partial charge in [0.25, 0.3) is 0 Å². The molecule has 2 heterocycles. The number of nitrogens with zero attached hydrogens (tertiary/aromatic N) is 3. The second kappa shape index (κ2) is 9.56. The molecule has 1 unspecified atom stereocenters. The molecule has 2 aliphatic heterocycles. The molecule has 0 aliphatic carbocycles. The molecule has 27 heavy (non-hydrogen) atoms. The van der Waals surface area contributed by atoms with Crippen LogP contribution in [-0.2, 0) is 4.79 Å². The molecule has 150 valence electrons. The van der Waals surface area contributed by atoms with Gasteiger partial charge in [0.2, 0.25) is 5.91 Å². The smallest absolute Gasteiger partial charge is 0.237 e. The van der Waals surface area contributed by atoms with Gasteiger partial charge in [0.1, 0.15) is 5.75 Å². The van der Waals surface area contributed by atoms with Crippen molar-refractivity contribution in [1.82, 2.24) is 14.7 Å². The van der Waals surface area contributed by atoms with E-state index in [1.807, 2.05) is 12.1 Å². The van der Waals surface area contributed by atoms with Crippen LogP contribution >= 0.6 is 0 Å². The standard InChI is InChI=1S/C22H35N3O2/c1-18(2)24-15-13-23(14-16-24)17-22(26)25-12-6-4-5-7-21(25)19-8-10-20(27-3)11-9-19/h8-11,18,21H,4-7,12-17H2,1-3H3. The molecular weight excluding hydrogens is 338 g/mol. The second-order valence-electron chi connectivity index (χ2n) is 8.13. The SMILES string of the molecule is COc1ccc(C2CCCCCN2C(=O)CN2CCN(C(C)C)CC2)cc1. The van der Waals surface area contributed by atoms with E-state index in [1.54, 1.807) is 7.11 Å². The van der Waals surface area contributed by atoms with Gasteiger partial charge in [-0.3, -0.25) is 14.6 Å². The molecule has 1 aromatic carbocycles. The molecule has 1 amide bonds. The molecule has 0 N–H and O–H groups in total. The van der Waals surface area contributed by atoms with Gasteiger partial charge in [-0.1, -0.05) is 25.0 Å². The van der Waals surface area contributed by atoms with Crippen LogP contribution in [-0.4, -0.2) is 73.0 Å². The predicted molar refractivity (Wildman–Crippen MR) is 109 cm³/mol. The lowest BCUT2D eigenvalue weighted by Crippen LogP contribution is -2.52. The predicted octanol–water partition coefficient (Wildman–Crippen LogP) is 3.16. The fourth-order valence-electron chi connectivity index (χ4n) is 4.30. The molecular formula is C22H35N3O2. The van der Waals surface area contributed by atoms with Crippen LogP contribution in [0.25, 0.3) is 0 Å². The van der Waals surface area contributed by atoms with E-state index >= 15 is 0 Å². The zero-order valence-electron chi connectivity index (χ0n) is 17.2. The molecule has 0 radical (unpaired) electrons. The van der Waals surface area contributed by atoms with Gasteiger partial charge in [-0.15, -0.1) is 0 Å². The largest absolute Gasteiger partial charge is 0.497 e. The van der Waals surface area contributed by atoms with E-state index in [2.05, 4.69) is 40.7 Å². The molecule has 0 spiro atoms. The van der Waals surface area contributed by atoms with Gasteiger partial charge in [0.05, 0.1) is 19.7 Å². The number of hydrogen-bond donors (Lipinski definition) is 0. The molecule has 2 aliphatic rings. The van der Waals surface area contributed by atoms with Crippen molar-refractivity contribution >= 4 is 5.91 Å². The fourth-order valence-corrected chi connectivity index (χ4v) is 4.30. The minimum atomic E-state index is 0.197. The summed E-state index contributed by atoms with van der Waals surface area (Å²) in [5.41, 5.74) is 1.23. The van der Waals surface area contributed by atoms with E-state index in [1.165, 1.54) is 18.4 Å². The molecule has 0 bridgehead atoms. The van der Waals surface area contributed by atoms with E-state index in [4.69, 9.17) is 4.74 Å². The summed E-state index contributed by atoms with van der Waals surface area (Å²) in [5, 5.41) is 0. The Morgan fingerprint density at radius 3 is 2.37 bits per heavy atom. The number of methoxy groups -OCH3 is 1. The zero-order chi connectivity index (χ0) is 19.2. The van der Waals surface area contributed by atoms with Crippen LogP contribution in [0, 0.1) is 0 Å². The van der Waals surface area contributed by atoms with E-state index in [9.17, 15) is 4.79 Å². The number of benzene rings is 1. The van der Waals surface area contributed by atoms with Crippen molar-refractivity contribution in [2.24, 2.45) is 0 Å². The van der Waals surface area contributed by atoms with E-state index in [-0.39, 0.29) is 11.9 Å². The van der Waals surface area contributed by atoms with Crippen LogP contribution in [0.1, 0.15) is 51.1 Å². The lowest BCUT2D eigenvalue weighted by molar-refractivity contribution is -0.135. The Labute approximate surface area is 164 Å². The Hall–Kier alpha value is -1.59. The van der Waals surface area contributed by atoms with Gasteiger partial charge in [-0.25, -0.2) is 0 Å². The Morgan fingerprint density at radius 2 is 1.74 bits per heavy atom. The van der Waals surface area contributed by atoms with Crippen molar-refractivity contribution in [2.75, 3.05) is 46.4 Å². The lowest BCUT2D eigenvalue weighted by atomic mass is 10.0. The molecule has 0 saturated carbocycles. The third-order valence-corrected chi connectivity index (χ3v) is 6.07. The number of carbonyl (C=O) groups excluding carboxylic acids is 1. The van der Waals surface area contributed by atoms with Gasteiger partial charge >= 0.3 is 0 Å². The summed E-state index contributed by atoms with van der Waals surface area (Å²) in [5.74, 6) is 1.16. The van der Waals surface area contributed by atoms with Crippen molar-refractivity contribution < 1.29 is 9.53 Å². The second-order valence-corrected chi connectivity index (χ2v) is 8.13. The van der Waals surface area contributed by atoms with Crippen LogP contribution in [0.2, 0.25) is 0 Å². The molecule has 1 aromatic rings. The molecule has 0 aromatic heterocycles. The molecule has 5 heteroatoms. The first-order valence-corrected chi connectivity index (χ1v) is 10.5. The Kier molecular flexibility index (Phi) is 7.13. The minimum Gasteiger partial charge on any atom is -0.497 e. The third-order valence-electron chi connectivity index (χ3n) is 6.07. The summed E-state index contributed by atoms with van der Waals surface area (Å²) in [7, 11) is 1.69. The van der Waals surface area contributed by atoms with Gasteiger partial charge in [0.15, 0.2) is 0 Å². The lowest BCUT2D eigenvalue weighted by Gasteiger charge is -2.38. The average molecular weight is 374 g/mol.